The molecule has 0 spiro atoms. The van der Waals surface area contributed by atoms with E-state index in [9.17, 15) is 14.7 Å². The molecule has 1 rings (SSSR count). The van der Waals surface area contributed by atoms with Gasteiger partial charge >= 0.3 is 0 Å². The lowest BCUT2D eigenvalue weighted by Gasteiger charge is -2.29. The SMILES string of the molecule is CC(C)CC(C)(O)CN1C(=O)C(C)C(C)C1=O. The van der Waals surface area contributed by atoms with Gasteiger partial charge in [0.05, 0.1) is 12.1 Å². The Balaban J connectivity index is 2.75. The summed E-state index contributed by atoms with van der Waals surface area (Å²) < 4.78 is 0. The number of nitrogens with zero attached hydrogens (tertiary/aromatic N) is 1. The Morgan fingerprint density at radius 2 is 1.65 bits per heavy atom. The Morgan fingerprint density at radius 3 is 2.00 bits per heavy atom. The zero-order valence-electron chi connectivity index (χ0n) is 11.4. The molecule has 0 aromatic heterocycles. The molecule has 17 heavy (non-hydrogen) atoms. The van der Waals surface area contributed by atoms with Crippen molar-refractivity contribution in [2.24, 2.45) is 17.8 Å². The summed E-state index contributed by atoms with van der Waals surface area (Å²) in [5, 5.41) is 10.2. The van der Waals surface area contributed by atoms with Crippen LogP contribution in [0.5, 0.6) is 0 Å². The summed E-state index contributed by atoms with van der Waals surface area (Å²) in [6.07, 6.45) is 0.576. The number of hydrogen-bond donors (Lipinski definition) is 1. The van der Waals surface area contributed by atoms with Crippen LogP contribution in [0.15, 0.2) is 0 Å². The van der Waals surface area contributed by atoms with E-state index in [-0.39, 0.29) is 30.2 Å². The molecule has 98 valence electrons. The maximum atomic E-state index is 11.9. The maximum Gasteiger partial charge on any atom is 0.232 e. The second kappa shape index (κ2) is 4.77. The lowest BCUT2D eigenvalue weighted by molar-refractivity contribution is -0.144. The first-order valence-electron chi connectivity index (χ1n) is 6.23. The molecular formula is C13H23NO3. The number of imide groups is 1. The third kappa shape index (κ3) is 3.06. The Hall–Kier alpha value is -0.900. The minimum Gasteiger partial charge on any atom is -0.388 e. The number of aliphatic hydroxyl groups is 1. The monoisotopic (exact) mass is 241 g/mol. The molecule has 1 saturated heterocycles. The molecule has 3 atom stereocenters. The van der Waals surface area contributed by atoms with Crippen LogP contribution in [0, 0.1) is 17.8 Å². The van der Waals surface area contributed by atoms with Crippen molar-refractivity contribution in [2.45, 2.75) is 46.6 Å². The molecule has 1 aliphatic rings. The van der Waals surface area contributed by atoms with E-state index < -0.39 is 5.60 Å². The number of likely N-dealkylation sites (tertiary alicyclic amines) is 1. The summed E-state index contributed by atoms with van der Waals surface area (Å²) in [7, 11) is 0. The minimum absolute atomic E-state index is 0.109. The van der Waals surface area contributed by atoms with Crippen molar-refractivity contribution < 1.29 is 14.7 Å². The number of carbonyl (C=O) groups excluding carboxylic acids is 2. The fraction of sp³-hybridized carbons (Fsp3) is 0.846. The summed E-state index contributed by atoms with van der Waals surface area (Å²) in [5.41, 5.74) is -0.997. The van der Waals surface area contributed by atoms with Crippen LogP contribution in [0.3, 0.4) is 0 Å². The molecule has 2 amide bonds. The minimum atomic E-state index is -0.997. The normalized spacial score (nSPS) is 29.0. The molecule has 4 heteroatoms. The van der Waals surface area contributed by atoms with Crippen molar-refractivity contribution in [2.75, 3.05) is 6.54 Å². The average Bonchev–Trinajstić information content (AvgIpc) is 2.33. The van der Waals surface area contributed by atoms with Gasteiger partial charge in [0, 0.05) is 11.8 Å². The van der Waals surface area contributed by atoms with E-state index in [1.54, 1.807) is 20.8 Å². The van der Waals surface area contributed by atoms with Gasteiger partial charge in [0.25, 0.3) is 0 Å². The van der Waals surface area contributed by atoms with Crippen LogP contribution in [-0.4, -0.2) is 34.0 Å². The van der Waals surface area contributed by atoms with Crippen molar-refractivity contribution >= 4 is 11.8 Å². The van der Waals surface area contributed by atoms with Gasteiger partial charge in [-0.15, -0.1) is 0 Å². The summed E-state index contributed by atoms with van der Waals surface area (Å²) in [6, 6.07) is 0. The van der Waals surface area contributed by atoms with E-state index in [1.165, 1.54) is 4.90 Å². The van der Waals surface area contributed by atoms with Crippen LogP contribution in [0.4, 0.5) is 0 Å². The van der Waals surface area contributed by atoms with Crippen LogP contribution in [0.1, 0.15) is 41.0 Å². The van der Waals surface area contributed by atoms with E-state index in [0.29, 0.717) is 12.3 Å². The first kappa shape index (κ1) is 14.2. The van der Waals surface area contributed by atoms with E-state index in [0.717, 1.165) is 0 Å². The molecule has 4 nitrogen and oxygen atoms in total. The van der Waals surface area contributed by atoms with Crippen molar-refractivity contribution in [1.29, 1.82) is 0 Å². The largest absolute Gasteiger partial charge is 0.388 e. The van der Waals surface area contributed by atoms with Crippen molar-refractivity contribution in [1.82, 2.24) is 4.90 Å². The van der Waals surface area contributed by atoms with E-state index in [4.69, 9.17) is 0 Å². The fourth-order valence-electron chi connectivity index (χ4n) is 2.47. The number of rotatable bonds is 4. The number of β-amino-alcohol motifs (C(OH)–C–C–N with tert-alkyl or cyclic N) is 1. The Bertz CT molecular complexity index is 303. The molecule has 0 aromatic carbocycles. The average molecular weight is 241 g/mol. The quantitative estimate of drug-likeness (QED) is 0.757. The van der Waals surface area contributed by atoms with E-state index in [2.05, 4.69) is 0 Å². The first-order chi connectivity index (χ1) is 7.65. The number of amides is 2. The highest BCUT2D eigenvalue weighted by Crippen LogP contribution is 2.28. The van der Waals surface area contributed by atoms with E-state index >= 15 is 0 Å². The zero-order chi connectivity index (χ0) is 13.4. The van der Waals surface area contributed by atoms with Gasteiger partial charge in [0.15, 0.2) is 0 Å². The highest BCUT2D eigenvalue weighted by molar-refractivity contribution is 6.04. The summed E-state index contributed by atoms with van der Waals surface area (Å²) in [6.45, 7) is 9.34. The third-order valence-electron chi connectivity index (χ3n) is 3.41. The standard InChI is InChI=1S/C13H23NO3/c1-8(2)6-13(5,17)7-14-11(15)9(3)10(4)12(14)16/h8-10,17H,6-7H2,1-5H3. The summed E-state index contributed by atoms with van der Waals surface area (Å²) >= 11 is 0. The second-order valence-corrected chi connectivity index (χ2v) is 5.93. The Labute approximate surface area is 103 Å². The van der Waals surface area contributed by atoms with E-state index in [1.807, 2.05) is 13.8 Å². The predicted molar refractivity (Wildman–Crippen MR) is 65.1 cm³/mol. The molecule has 0 bridgehead atoms. The zero-order valence-corrected chi connectivity index (χ0v) is 11.4. The second-order valence-electron chi connectivity index (χ2n) is 5.93. The first-order valence-corrected chi connectivity index (χ1v) is 6.23. The molecule has 1 aliphatic heterocycles. The lowest BCUT2D eigenvalue weighted by Crippen LogP contribution is -2.44. The van der Waals surface area contributed by atoms with Crippen molar-refractivity contribution in [3.8, 4) is 0 Å². The topological polar surface area (TPSA) is 57.6 Å². The molecule has 1 heterocycles. The third-order valence-corrected chi connectivity index (χ3v) is 3.41. The smallest absolute Gasteiger partial charge is 0.232 e. The summed E-state index contributed by atoms with van der Waals surface area (Å²) in [4.78, 5) is 25.0. The van der Waals surface area contributed by atoms with Crippen LogP contribution >= 0.6 is 0 Å². The Morgan fingerprint density at radius 1 is 1.24 bits per heavy atom. The van der Waals surface area contributed by atoms with Gasteiger partial charge in [-0.3, -0.25) is 14.5 Å². The van der Waals surface area contributed by atoms with Crippen LogP contribution in [0.25, 0.3) is 0 Å². The molecule has 3 unspecified atom stereocenters. The Kier molecular flexibility index (Phi) is 3.97. The van der Waals surface area contributed by atoms with Gasteiger partial charge < -0.3 is 5.11 Å². The molecular weight excluding hydrogens is 218 g/mol. The van der Waals surface area contributed by atoms with Gasteiger partial charge in [-0.25, -0.2) is 0 Å². The summed E-state index contributed by atoms with van der Waals surface area (Å²) in [5.74, 6) is -0.527. The van der Waals surface area contributed by atoms with Crippen molar-refractivity contribution in [3.05, 3.63) is 0 Å². The van der Waals surface area contributed by atoms with Gasteiger partial charge in [0.1, 0.15) is 0 Å². The van der Waals surface area contributed by atoms with Crippen LogP contribution in [-0.2, 0) is 9.59 Å². The molecule has 1 N–H and O–H groups in total. The molecule has 0 radical (unpaired) electrons. The van der Waals surface area contributed by atoms with Gasteiger partial charge in [0.2, 0.25) is 11.8 Å². The molecule has 1 fully saturated rings. The van der Waals surface area contributed by atoms with Gasteiger partial charge in [-0.2, -0.15) is 0 Å². The predicted octanol–water partition coefficient (Wildman–Crippen LogP) is 1.42. The number of hydrogen-bond acceptors (Lipinski definition) is 3. The fourth-order valence-corrected chi connectivity index (χ4v) is 2.47. The number of carbonyl (C=O) groups is 2. The lowest BCUT2D eigenvalue weighted by atomic mass is 9.94. The van der Waals surface area contributed by atoms with Gasteiger partial charge in [-0.05, 0) is 19.3 Å². The highest BCUT2D eigenvalue weighted by Gasteiger charge is 2.44. The molecule has 0 saturated carbocycles. The van der Waals surface area contributed by atoms with Gasteiger partial charge in [-0.1, -0.05) is 27.7 Å². The van der Waals surface area contributed by atoms with Crippen LogP contribution in [0.2, 0.25) is 0 Å². The molecule has 0 aromatic rings. The highest BCUT2D eigenvalue weighted by atomic mass is 16.3. The van der Waals surface area contributed by atoms with Crippen LogP contribution < -0.4 is 0 Å². The van der Waals surface area contributed by atoms with Crippen molar-refractivity contribution in [3.63, 3.8) is 0 Å². The maximum absolute atomic E-state index is 11.9. The molecule has 0 aliphatic carbocycles.